The third kappa shape index (κ3) is 5.87. The van der Waals surface area contributed by atoms with Crippen LogP contribution in [0.1, 0.15) is 0 Å². The second-order valence-electron chi connectivity index (χ2n) is 5.13. The molecule has 112 valence electrons. The Morgan fingerprint density at radius 2 is 1.05 bits per heavy atom. The van der Waals surface area contributed by atoms with Crippen molar-refractivity contribution in [3.8, 4) is 0 Å². The van der Waals surface area contributed by atoms with Crippen molar-refractivity contribution >= 4 is 26.5 Å². The molecular formula is C18H24OP2. The highest BCUT2D eigenvalue weighted by molar-refractivity contribution is 7.65. The molecule has 0 saturated carbocycles. The van der Waals surface area contributed by atoms with Gasteiger partial charge in [-0.05, 0) is 36.3 Å². The lowest BCUT2D eigenvalue weighted by atomic mass is 10.4. The quantitative estimate of drug-likeness (QED) is 0.530. The van der Waals surface area contributed by atoms with Gasteiger partial charge >= 0.3 is 0 Å². The van der Waals surface area contributed by atoms with Crippen LogP contribution in [0.4, 0.5) is 0 Å². The van der Waals surface area contributed by atoms with Crippen molar-refractivity contribution in [2.75, 3.05) is 38.9 Å². The molecule has 2 aromatic rings. The van der Waals surface area contributed by atoms with E-state index in [0.29, 0.717) is 0 Å². The van der Waals surface area contributed by atoms with Crippen molar-refractivity contribution in [3.05, 3.63) is 60.7 Å². The summed E-state index contributed by atoms with van der Waals surface area (Å²) in [5.74, 6) is 0. The van der Waals surface area contributed by atoms with Crippen LogP contribution in [0.3, 0.4) is 0 Å². The second-order valence-corrected chi connectivity index (χ2v) is 9.85. The molecule has 0 fully saturated rings. The topological polar surface area (TPSA) is 9.23 Å². The molecule has 0 aliphatic carbocycles. The largest absolute Gasteiger partial charge is 0.381 e. The number of hydrogen-bond acceptors (Lipinski definition) is 1. The van der Waals surface area contributed by atoms with Gasteiger partial charge in [-0.3, -0.25) is 0 Å². The molecule has 2 rings (SSSR count). The van der Waals surface area contributed by atoms with Gasteiger partial charge in [0.2, 0.25) is 0 Å². The molecule has 0 spiro atoms. The van der Waals surface area contributed by atoms with E-state index < -0.39 is 0 Å². The summed E-state index contributed by atoms with van der Waals surface area (Å²) >= 11 is 0. The molecule has 0 N–H and O–H groups in total. The van der Waals surface area contributed by atoms with Crippen LogP contribution in [0, 0.1) is 0 Å². The van der Waals surface area contributed by atoms with Crippen LogP contribution in [0.15, 0.2) is 60.7 Å². The molecule has 0 amide bonds. The predicted molar refractivity (Wildman–Crippen MR) is 98.4 cm³/mol. The van der Waals surface area contributed by atoms with Gasteiger partial charge in [0, 0.05) is 0 Å². The zero-order valence-electron chi connectivity index (χ0n) is 12.9. The average Bonchev–Trinajstić information content (AvgIpc) is 2.55. The Kier molecular flexibility index (Phi) is 7.37. The minimum Gasteiger partial charge on any atom is -0.381 e. The summed E-state index contributed by atoms with van der Waals surface area (Å²) < 4.78 is 5.85. The average molecular weight is 318 g/mol. The summed E-state index contributed by atoms with van der Waals surface area (Å²) in [4.78, 5) is 0. The van der Waals surface area contributed by atoms with E-state index in [1.165, 1.54) is 10.6 Å². The summed E-state index contributed by atoms with van der Waals surface area (Å²) in [5.41, 5.74) is 0. The van der Waals surface area contributed by atoms with E-state index in [2.05, 4.69) is 74.0 Å². The first-order chi connectivity index (χ1) is 10.3. The van der Waals surface area contributed by atoms with Crippen molar-refractivity contribution in [1.29, 1.82) is 0 Å². The Bertz CT molecular complexity index is 454. The smallest absolute Gasteiger partial charge is 0.0508 e. The molecule has 0 radical (unpaired) electrons. The van der Waals surface area contributed by atoms with Gasteiger partial charge in [-0.25, -0.2) is 0 Å². The third-order valence-corrected chi connectivity index (χ3v) is 7.60. The van der Waals surface area contributed by atoms with Crippen LogP contribution in [-0.4, -0.2) is 38.9 Å². The molecule has 0 bridgehead atoms. The predicted octanol–water partition coefficient (Wildman–Crippen LogP) is 3.88. The highest BCUT2D eigenvalue weighted by Gasteiger charge is 2.06. The van der Waals surface area contributed by atoms with Crippen LogP contribution < -0.4 is 10.6 Å². The zero-order chi connectivity index (χ0) is 14.9. The maximum Gasteiger partial charge on any atom is 0.0508 e. The lowest BCUT2D eigenvalue weighted by molar-refractivity contribution is 0.166. The molecular weight excluding hydrogens is 294 g/mol. The first-order valence-electron chi connectivity index (χ1n) is 7.37. The van der Waals surface area contributed by atoms with Crippen molar-refractivity contribution in [1.82, 2.24) is 0 Å². The van der Waals surface area contributed by atoms with Gasteiger partial charge in [0.1, 0.15) is 0 Å². The van der Waals surface area contributed by atoms with E-state index in [1.54, 1.807) is 0 Å². The van der Waals surface area contributed by atoms with Gasteiger partial charge < -0.3 is 4.74 Å². The van der Waals surface area contributed by atoms with Crippen LogP contribution in [0.2, 0.25) is 0 Å². The maximum absolute atomic E-state index is 5.85. The summed E-state index contributed by atoms with van der Waals surface area (Å²) in [6, 6.07) is 21.6. The molecule has 1 nitrogen and oxygen atoms in total. The van der Waals surface area contributed by atoms with Gasteiger partial charge in [-0.2, -0.15) is 0 Å². The number of benzene rings is 2. The minimum absolute atomic E-state index is 0.0711. The van der Waals surface area contributed by atoms with Crippen LogP contribution >= 0.6 is 15.8 Å². The normalized spacial score (nSPS) is 13.8. The number of rotatable bonds is 8. The van der Waals surface area contributed by atoms with E-state index in [9.17, 15) is 0 Å². The van der Waals surface area contributed by atoms with Crippen LogP contribution in [0.5, 0.6) is 0 Å². The molecule has 0 aliphatic rings. The lowest BCUT2D eigenvalue weighted by Crippen LogP contribution is -2.10. The van der Waals surface area contributed by atoms with E-state index in [1.807, 2.05) is 0 Å². The fourth-order valence-electron chi connectivity index (χ4n) is 2.13. The zero-order valence-corrected chi connectivity index (χ0v) is 14.7. The maximum atomic E-state index is 5.85. The Hall–Kier alpha value is -0.740. The van der Waals surface area contributed by atoms with Crippen LogP contribution in [0.25, 0.3) is 0 Å². The van der Waals surface area contributed by atoms with E-state index >= 15 is 0 Å². The first-order valence-corrected chi connectivity index (χ1v) is 11.3. The molecule has 0 aliphatic heterocycles. The first kappa shape index (κ1) is 16.6. The van der Waals surface area contributed by atoms with Crippen molar-refractivity contribution < 1.29 is 4.74 Å². The monoisotopic (exact) mass is 318 g/mol. The van der Waals surface area contributed by atoms with Gasteiger partial charge in [0.05, 0.1) is 13.2 Å². The Balaban J connectivity index is 1.62. The Labute approximate surface area is 131 Å². The molecule has 0 saturated heterocycles. The molecule has 3 heteroatoms. The lowest BCUT2D eigenvalue weighted by Gasteiger charge is -2.15. The van der Waals surface area contributed by atoms with E-state index in [-0.39, 0.29) is 15.8 Å². The fraction of sp³-hybridized carbons (Fsp3) is 0.333. The molecule has 2 atom stereocenters. The molecule has 2 unspecified atom stereocenters. The van der Waals surface area contributed by atoms with Gasteiger partial charge in [-0.15, -0.1) is 0 Å². The van der Waals surface area contributed by atoms with Crippen LogP contribution in [-0.2, 0) is 4.74 Å². The summed E-state index contributed by atoms with van der Waals surface area (Å²) in [6.45, 7) is 6.44. The van der Waals surface area contributed by atoms with Crippen molar-refractivity contribution in [2.24, 2.45) is 0 Å². The highest BCUT2D eigenvalue weighted by atomic mass is 31.1. The molecule has 21 heavy (non-hydrogen) atoms. The van der Waals surface area contributed by atoms with E-state index in [4.69, 9.17) is 4.74 Å². The van der Waals surface area contributed by atoms with Gasteiger partial charge in [-0.1, -0.05) is 76.5 Å². The Morgan fingerprint density at radius 1 is 0.667 bits per heavy atom. The molecule has 0 aromatic heterocycles. The van der Waals surface area contributed by atoms with Gasteiger partial charge in [0.15, 0.2) is 0 Å². The number of hydrogen-bond donors (Lipinski definition) is 0. The number of ether oxygens (including phenoxy) is 1. The summed E-state index contributed by atoms with van der Waals surface area (Å²) in [7, 11) is -0.142. The molecule has 0 heterocycles. The third-order valence-electron chi connectivity index (χ3n) is 3.54. The molecule has 2 aromatic carbocycles. The minimum atomic E-state index is -0.0711. The van der Waals surface area contributed by atoms with Crippen molar-refractivity contribution in [3.63, 3.8) is 0 Å². The van der Waals surface area contributed by atoms with Crippen molar-refractivity contribution in [2.45, 2.75) is 0 Å². The summed E-state index contributed by atoms with van der Waals surface area (Å²) in [6.07, 6.45) is 2.32. The highest BCUT2D eigenvalue weighted by Crippen LogP contribution is 2.30. The SMILES string of the molecule is CP(CCOCCP(C)c1ccccc1)c1ccccc1. The second kappa shape index (κ2) is 9.31. The van der Waals surface area contributed by atoms with Gasteiger partial charge in [0.25, 0.3) is 0 Å². The van der Waals surface area contributed by atoms with E-state index in [0.717, 1.165) is 25.5 Å². The summed E-state index contributed by atoms with van der Waals surface area (Å²) in [5, 5.41) is 2.94. The fourth-order valence-corrected chi connectivity index (χ4v) is 4.81. The standard InChI is InChI=1S/C18H24OP2/c1-20(17-9-5-3-6-10-17)15-13-19-14-16-21(2)18-11-7-4-8-12-18/h3-12H,13-16H2,1-2H3. The Morgan fingerprint density at radius 3 is 1.43 bits per heavy atom.